The Morgan fingerprint density at radius 1 is 1.22 bits per heavy atom. The van der Waals surface area contributed by atoms with Gasteiger partial charge in [-0.15, -0.1) is 0 Å². The molecule has 0 aliphatic heterocycles. The van der Waals surface area contributed by atoms with E-state index in [0.717, 1.165) is 10.2 Å². The summed E-state index contributed by atoms with van der Waals surface area (Å²) in [4.78, 5) is 2.14. The van der Waals surface area contributed by atoms with Crippen molar-refractivity contribution in [2.45, 2.75) is 5.41 Å². The molecule has 0 amide bonds. The SMILES string of the molecule is CNC([SiH3])(NC)N(C)C. The van der Waals surface area contributed by atoms with Gasteiger partial charge in [0.1, 0.15) is 0 Å². The largest absolute Gasteiger partial charge is 0.294 e. The predicted octanol–water partition coefficient (Wildman–Crippen LogP) is -2.04. The summed E-state index contributed by atoms with van der Waals surface area (Å²) in [5.41, 5.74) is 0.0556. The molecule has 4 heteroatoms. The van der Waals surface area contributed by atoms with Crippen LogP contribution in [0.5, 0.6) is 0 Å². The van der Waals surface area contributed by atoms with Crippen LogP contribution >= 0.6 is 0 Å². The van der Waals surface area contributed by atoms with E-state index in [-0.39, 0.29) is 5.41 Å². The van der Waals surface area contributed by atoms with E-state index in [1.165, 1.54) is 0 Å². The van der Waals surface area contributed by atoms with Crippen molar-refractivity contribution in [2.75, 3.05) is 28.2 Å². The van der Waals surface area contributed by atoms with Gasteiger partial charge in [0.15, 0.2) is 0 Å². The average Bonchev–Trinajstić information content (AvgIpc) is 1.86. The minimum absolute atomic E-state index is 0.0556. The van der Waals surface area contributed by atoms with Gasteiger partial charge in [-0.05, 0) is 28.2 Å². The van der Waals surface area contributed by atoms with Crippen molar-refractivity contribution in [3.63, 3.8) is 0 Å². The predicted molar refractivity (Wildman–Crippen MR) is 44.5 cm³/mol. The van der Waals surface area contributed by atoms with Gasteiger partial charge >= 0.3 is 0 Å². The van der Waals surface area contributed by atoms with E-state index in [2.05, 4.69) is 29.6 Å². The van der Waals surface area contributed by atoms with Crippen molar-refractivity contribution in [1.82, 2.24) is 15.5 Å². The highest BCUT2D eigenvalue weighted by molar-refractivity contribution is 6.14. The van der Waals surface area contributed by atoms with Gasteiger partial charge in [-0.25, -0.2) is 0 Å². The molecule has 0 rings (SSSR count). The van der Waals surface area contributed by atoms with Crippen molar-refractivity contribution in [3.05, 3.63) is 0 Å². The van der Waals surface area contributed by atoms with Gasteiger partial charge in [0, 0.05) is 0 Å². The van der Waals surface area contributed by atoms with E-state index in [1.54, 1.807) is 0 Å². The van der Waals surface area contributed by atoms with E-state index in [1.807, 2.05) is 14.1 Å². The Bertz CT molecular complexity index is 80.3. The van der Waals surface area contributed by atoms with Crippen LogP contribution in [-0.2, 0) is 0 Å². The summed E-state index contributed by atoms with van der Waals surface area (Å²) in [6, 6.07) is 0. The van der Waals surface area contributed by atoms with E-state index in [4.69, 9.17) is 0 Å². The minimum Gasteiger partial charge on any atom is -0.294 e. The molecular weight excluding hydrogens is 130 g/mol. The standard InChI is InChI=1S/C5H17N3Si/c1-6-5(9,7-2)8(3)4/h6-7H,1-4,9H3. The molecule has 9 heavy (non-hydrogen) atoms. The molecule has 0 aromatic carbocycles. The lowest BCUT2D eigenvalue weighted by Crippen LogP contribution is -2.64. The number of nitrogens with one attached hydrogen (secondary N) is 2. The highest BCUT2D eigenvalue weighted by atomic mass is 28.1. The molecule has 0 spiro atoms. The molecule has 0 saturated heterocycles. The zero-order valence-corrected chi connectivity index (χ0v) is 8.95. The number of hydrogen-bond acceptors (Lipinski definition) is 3. The maximum atomic E-state index is 3.20. The molecule has 0 aromatic rings. The van der Waals surface area contributed by atoms with Gasteiger partial charge in [-0.3, -0.25) is 15.5 Å². The van der Waals surface area contributed by atoms with Gasteiger partial charge in [0.25, 0.3) is 0 Å². The molecule has 0 bridgehead atoms. The third-order valence-electron chi connectivity index (χ3n) is 1.87. The Labute approximate surface area is 60.2 Å². The molecule has 0 heterocycles. The molecule has 0 saturated carbocycles. The van der Waals surface area contributed by atoms with Crippen LogP contribution in [0.2, 0.25) is 0 Å². The second-order valence-electron chi connectivity index (χ2n) is 2.47. The third-order valence-corrected chi connectivity index (χ3v) is 3.76. The normalized spacial score (nSPS) is 13.0. The molecule has 56 valence electrons. The first-order chi connectivity index (χ1) is 4.06. The van der Waals surface area contributed by atoms with Gasteiger partial charge in [0.05, 0.1) is 15.7 Å². The summed E-state index contributed by atoms with van der Waals surface area (Å²) in [6.07, 6.45) is 0. The van der Waals surface area contributed by atoms with Gasteiger partial charge in [-0.2, -0.15) is 0 Å². The Balaban J connectivity index is 3.92. The van der Waals surface area contributed by atoms with Crippen LogP contribution in [0.3, 0.4) is 0 Å². The molecule has 0 aliphatic rings. The smallest absolute Gasteiger partial charge is 0.0986 e. The van der Waals surface area contributed by atoms with E-state index in [0.29, 0.717) is 0 Å². The Kier molecular flexibility index (Phi) is 3.35. The third kappa shape index (κ3) is 2.06. The summed E-state index contributed by atoms with van der Waals surface area (Å²) in [6.45, 7) is 0. The van der Waals surface area contributed by atoms with Crippen LogP contribution in [0.25, 0.3) is 0 Å². The van der Waals surface area contributed by atoms with Gasteiger partial charge in [0.2, 0.25) is 0 Å². The molecule has 0 fully saturated rings. The molecule has 0 unspecified atom stereocenters. The second kappa shape index (κ2) is 3.31. The highest BCUT2D eigenvalue weighted by Gasteiger charge is 2.20. The lowest BCUT2D eigenvalue weighted by Gasteiger charge is -2.36. The summed E-state index contributed by atoms with van der Waals surface area (Å²) in [5.74, 6) is 0. The molecule has 0 atom stereocenters. The molecule has 0 radical (unpaired) electrons. The molecular formula is C5H17N3Si. The fourth-order valence-electron chi connectivity index (χ4n) is 0.572. The Morgan fingerprint density at radius 2 is 1.56 bits per heavy atom. The highest BCUT2D eigenvalue weighted by Crippen LogP contribution is 1.93. The fraction of sp³-hybridized carbons (Fsp3) is 1.00. The number of rotatable bonds is 3. The van der Waals surface area contributed by atoms with Crippen LogP contribution < -0.4 is 10.6 Å². The quantitative estimate of drug-likeness (QED) is 0.356. The van der Waals surface area contributed by atoms with Crippen LogP contribution in [0.15, 0.2) is 0 Å². The van der Waals surface area contributed by atoms with Crippen LogP contribution in [0, 0.1) is 0 Å². The zero-order valence-electron chi connectivity index (χ0n) is 6.95. The summed E-state index contributed by atoms with van der Waals surface area (Å²) in [5, 5.41) is 6.41. The van der Waals surface area contributed by atoms with Crippen molar-refractivity contribution < 1.29 is 0 Å². The average molecular weight is 147 g/mol. The van der Waals surface area contributed by atoms with E-state index < -0.39 is 0 Å². The number of nitrogens with zero attached hydrogens (tertiary/aromatic N) is 1. The van der Waals surface area contributed by atoms with Gasteiger partial charge < -0.3 is 0 Å². The first-order valence-corrected chi connectivity index (χ1v) is 4.12. The monoisotopic (exact) mass is 147 g/mol. The van der Waals surface area contributed by atoms with Gasteiger partial charge in [-0.1, -0.05) is 0 Å². The van der Waals surface area contributed by atoms with E-state index >= 15 is 0 Å². The van der Waals surface area contributed by atoms with Crippen LogP contribution in [-0.4, -0.2) is 48.7 Å². The maximum absolute atomic E-state index is 3.20. The lowest BCUT2D eigenvalue weighted by atomic mass is 10.7. The van der Waals surface area contributed by atoms with E-state index in [9.17, 15) is 0 Å². The minimum atomic E-state index is 0.0556. The van der Waals surface area contributed by atoms with Crippen molar-refractivity contribution in [3.8, 4) is 0 Å². The van der Waals surface area contributed by atoms with Crippen molar-refractivity contribution in [2.24, 2.45) is 0 Å². The van der Waals surface area contributed by atoms with Crippen molar-refractivity contribution in [1.29, 1.82) is 0 Å². The summed E-state index contributed by atoms with van der Waals surface area (Å²) < 4.78 is 0. The van der Waals surface area contributed by atoms with Crippen LogP contribution in [0.1, 0.15) is 0 Å². The topological polar surface area (TPSA) is 27.3 Å². The lowest BCUT2D eigenvalue weighted by molar-refractivity contribution is 0.179. The number of hydrogen-bond donors (Lipinski definition) is 2. The molecule has 0 aromatic heterocycles. The summed E-state index contributed by atoms with van der Waals surface area (Å²) >= 11 is 0. The van der Waals surface area contributed by atoms with Crippen LogP contribution in [0.4, 0.5) is 0 Å². The molecule has 3 nitrogen and oxygen atoms in total. The summed E-state index contributed by atoms with van der Waals surface area (Å²) in [7, 11) is 9.09. The Hall–Kier alpha value is 0.0969. The zero-order chi connectivity index (χ0) is 7.49. The fourth-order valence-corrected chi connectivity index (χ4v) is 0.572. The van der Waals surface area contributed by atoms with Crippen molar-refractivity contribution >= 4 is 10.2 Å². The molecule has 0 aliphatic carbocycles. The first kappa shape index (κ1) is 9.10. The first-order valence-electron chi connectivity index (χ1n) is 3.12. The Morgan fingerprint density at radius 3 is 1.56 bits per heavy atom. The second-order valence-corrected chi connectivity index (χ2v) is 3.91. The maximum Gasteiger partial charge on any atom is 0.0986 e. The molecule has 2 N–H and O–H groups in total.